The number of rotatable bonds is 22. The molecule has 226 valence electrons. The highest BCUT2D eigenvalue weighted by atomic mass is 33.1. The third kappa shape index (κ3) is 27.6. The third-order valence-electron chi connectivity index (χ3n) is 5.81. The number of amides is 2. The average Bonchev–Trinajstić information content (AvgIpc) is 3.49. The monoisotopic (exact) mass is 588 g/mol. The van der Waals surface area contributed by atoms with Gasteiger partial charge in [0, 0.05) is 36.9 Å². The zero-order valence-electron chi connectivity index (χ0n) is 25.5. The van der Waals surface area contributed by atoms with Gasteiger partial charge in [-0.1, -0.05) is 122 Å². The highest BCUT2D eigenvalue weighted by molar-refractivity contribution is 8.77. The van der Waals surface area contributed by atoms with Crippen molar-refractivity contribution in [2.75, 3.05) is 18.8 Å². The summed E-state index contributed by atoms with van der Waals surface area (Å²) in [7, 11) is 3.97. The maximum absolute atomic E-state index is 11.9. The quantitative estimate of drug-likeness (QED) is 0.0751. The maximum atomic E-state index is 11.9. The molecule has 1 saturated heterocycles. The van der Waals surface area contributed by atoms with Gasteiger partial charge in [0.15, 0.2) is 0 Å². The Morgan fingerprint density at radius 3 is 1.62 bits per heavy atom. The first-order valence-corrected chi connectivity index (χ1v) is 17.8. The number of carbonyl (C=O) groups is 2. The van der Waals surface area contributed by atoms with Gasteiger partial charge in [-0.05, 0) is 64.2 Å². The van der Waals surface area contributed by atoms with Crippen LogP contribution in [0.15, 0.2) is 72.9 Å². The van der Waals surface area contributed by atoms with Crippen LogP contribution in [0, 0.1) is 0 Å². The molecule has 1 fully saturated rings. The van der Waals surface area contributed by atoms with Crippen LogP contribution in [-0.2, 0) is 9.59 Å². The second kappa shape index (κ2) is 31.6. The number of carbonyl (C=O) groups excluding carboxylic acids is 2. The first-order chi connectivity index (χ1) is 19.7. The van der Waals surface area contributed by atoms with Crippen molar-refractivity contribution in [3.8, 4) is 0 Å². The Bertz CT molecular complexity index is 779. The summed E-state index contributed by atoms with van der Waals surface area (Å²) < 4.78 is 0. The Morgan fingerprint density at radius 1 is 0.675 bits per heavy atom. The van der Waals surface area contributed by atoms with E-state index in [4.69, 9.17) is 0 Å². The number of allylic oxidation sites excluding steroid dienone is 12. The minimum atomic E-state index is 0.0331. The Morgan fingerprint density at radius 2 is 1.15 bits per heavy atom. The van der Waals surface area contributed by atoms with Crippen LogP contribution in [0.1, 0.15) is 104 Å². The molecule has 0 spiro atoms. The predicted octanol–water partition coefficient (Wildman–Crippen LogP) is 9.44. The van der Waals surface area contributed by atoms with Crippen molar-refractivity contribution in [1.29, 1.82) is 0 Å². The van der Waals surface area contributed by atoms with E-state index in [0.717, 1.165) is 63.0 Å². The molecule has 0 aromatic carbocycles. The highest BCUT2D eigenvalue weighted by Crippen LogP contribution is 2.39. The first kappa shape index (κ1) is 38.1. The fraction of sp³-hybridized carbons (Fsp3) is 0.588. The van der Waals surface area contributed by atoms with E-state index < -0.39 is 0 Å². The number of nitrogens with one attached hydrogen (secondary N) is 2. The number of hydrogen-bond donors (Lipinski definition) is 2. The molecule has 0 aromatic rings. The molecule has 0 aromatic heterocycles. The van der Waals surface area contributed by atoms with E-state index in [-0.39, 0.29) is 11.8 Å². The van der Waals surface area contributed by atoms with Crippen molar-refractivity contribution in [3.05, 3.63) is 72.9 Å². The van der Waals surface area contributed by atoms with Gasteiger partial charge >= 0.3 is 0 Å². The van der Waals surface area contributed by atoms with Gasteiger partial charge in [-0.2, -0.15) is 0 Å². The summed E-state index contributed by atoms with van der Waals surface area (Å²) >= 11 is 0. The molecule has 1 heterocycles. The molecule has 40 heavy (non-hydrogen) atoms. The van der Waals surface area contributed by atoms with Crippen LogP contribution in [0.2, 0.25) is 0 Å². The molecule has 1 aliphatic rings. The topological polar surface area (TPSA) is 58.2 Å². The lowest BCUT2D eigenvalue weighted by Gasteiger charge is -2.08. The molecule has 0 aliphatic carbocycles. The van der Waals surface area contributed by atoms with E-state index in [9.17, 15) is 9.59 Å². The summed E-state index contributed by atoms with van der Waals surface area (Å²) in [5, 5.41) is 6.56. The van der Waals surface area contributed by atoms with Gasteiger partial charge in [-0.25, -0.2) is 0 Å². The van der Waals surface area contributed by atoms with Crippen molar-refractivity contribution in [2.45, 2.75) is 109 Å². The lowest BCUT2D eigenvalue weighted by atomic mass is 10.1. The van der Waals surface area contributed by atoms with Crippen molar-refractivity contribution >= 4 is 33.4 Å². The third-order valence-corrected chi connectivity index (χ3v) is 8.82. The summed E-state index contributed by atoms with van der Waals surface area (Å²) in [5.74, 6) is 1.39. The van der Waals surface area contributed by atoms with Crippen molar-refractivity contribution < 1.29 is 9.59 Å². The standard InChI is InChI=1S/C32H50N2O2S2.C2H6/c1-2-3-4-5-6-7-8-9-10-11-12-13-14-15-16-17-18-19-20-24-31(35)33-27-28-34-32(36)25-22-21-23-30-26-29-37-38-30;1-2/h3-4,6-7,9-10,12-13,15-16,18-19,30H,2,5,8,11,14,17,20-29H2,1H3,(H,33,35)(H,34,36);1-2H3/b4-3-,7-6-,10-9-,13-12-,16-15-,19-18-;. The minimum Gasteiger partial charge on any atom is -0.354 e. The molecule has 1 aliphatic heterocycles. The van der Waals surface area contributed by atoms with Gasteiger partial charge in [0.25, 0.3) is 0 Å². The van der Waals surface area contributed by atoms with E-state index in [0.29, 0.717) is 25.9 Å². The number of unbranched alkanes of at least 4 members (excludes halogenated alkanes) is 1. The molecule has 2 amide bonds. The molecular weight excluding hydrogens is 533 g/mol. The van der Waals surface area contributed by atoms with Gasteiger partial charge < -0.3 is 10.6 Å². The number of hydrogen-bond acceptors (Lipinski definition) is 4. The van der Waals surface area contributed by atoms with Gasteiger partial charge in [0.1, 0.15) is 0 Å². The normalized spacial score (nSPS) is 15.7. The summed E-state index contributed by atoms with van der Waals surface area (Å²) in [5.41, 5.74) is 0. The Hall–Kier alpha value is -1.92. The Kier molecular flexibility index (Phi) is 30.1. The first-order valence-electron chi connectivity index (χ1n) is 15.4. The van der Waals surface area contributed by atoms with Crippen molar-refractivity contribution in [2.24, 2.45) is 0 Å². The fourth-order valence-electron chi connectivity index (χ4n) is 3.66. The molecule has 1 rings (SSSR count). The fourth-order valence-corrected chi connectivity index (χ4v) is 6.68. The van der Waals surface area contributed by atoms with Crippen LogP contribution < -0.4 is 10.6 Å². The summed E-state index contributed by atoms with van der Waals surface area (Å²) in [4.78, 5) is 23.8. The van der Waals surface area contributed by atoms with Crippen LogP contribution in [0.5, 0.6) is 0 Å². The van der Waals surface area contributed by atoms with Gasteiger partial charge in [-0.15, -0.1) is 0 Å². The van der Waals surface area contributed by atoms with Gasteiger partial charge in [0.2, 0.25) is 11.8 Å². The van der Waals surface area contributed by atoms with Crippen molar-refractivity contribution in [1.82, 2.24) is 10.6 Å². The zero-order chi connectivity index (χ0) is 29.4. The molecule has 2 N–H and O–H groups in total. The van der Waals surface area contributed by atoms with E-state index >= 15 is 0 Å². The maximum Gasteiger partial charge on any atom is 0.220 e. The van der Waals surface area contributed by atoms with Crippen LogP contribution in [0.25, 0.3) is 0 Å². The second-order valence-corrected chi connectivity index (χ2v) is 12.0. The molecule has 1 atom stereocenters. The Labute approximate surface area is 254 Å². The lowest BCUT2D eigenvalue weighted by molar-refractivity contribution is -0.122. The average molecular weight is 589 g/mol. The molecule has 1 unspecified atom stereocenters. The minimum absolute atomic E-state index is 0.0331. The van der Waals surface area contributed by atoms with Gasteiger partial charge in [-0.3, -0.25) is 9.59 Å². The largest absolute Gasteiger partial charge is 0.354 e. The summed E-state index contributed by atoms with van der Waals surface area (Å²) in [6, 6.07) is 0. The smallest absolute Gasteiger partial charge is 0.220 e. The van der Waals surface area contributed by atoms with Gasteiger partial charge in [0.05, 0.1) is 0 Å². The molecule has 0 saturated carbocycles. The summed E-state index contributed by atoms with van der Waals surface area (Å²) in [6.45, 7) is 7.14. The predicted molar refractivity (Wildman–Crippen MR) is 182 cm³/mol. The molecule has 4 nitrogen and oxygen atoms in total. The van der Waals surface area contributed by atoms with Crippen LogP contribution in [0.3, 0.4) is 0 Å². The Balaban J connectivity index is 0.00000742. The summed E-state index contributed by atoms with van der Waals surface area (Å²) in [6.07, 6.45) is 38.5. The SMILES string of the molecule is CC.CC/C=C\C/C=C\C/C=C\C/C=C\C/C=C\C/C=C\CCC(=O)NCCNC(=O)CCCCC1CCSS1. The van der Waals surface area contributed by atoms with Crippen LogP contribution >= 0.6 is 21.6 Å². The van der Waals surface area contributed by atoms with E-state index in [2.05, 4.69) is 90.5 Å². The second-order valence-electron chi connectivity index (χ2n) is 9.23. The van der Waals surface area contributed by atoms with Crippen LogP contribution in [-0.4, -0.2) is 35.9 Å². The van der Waals surface area contributed by atoms with E-state index in [1.165, 1.54) is 18.6 Å². The van der Waals surface area contributed by atoms with Crippen molar-refractivity contribution in [3.63, 3.8) is 0 Å². The van der Waals surface area contributed by atoms with Crippen LogP contribution in [0.4, 0.5) is 0 Å². The lowest BCUT2D eigenvalue weighted by Crippen LogP contribution is -2.34. The highest BCUT2D eigenvalue weighted by Gasteiger charge is 2.15. The van der Waals surface area contributed by atoms with E-state index in [1.807, 2.05) is 35.4 Å². The molecular formula is C34H56N2O2S2. The molecule has 0 bridgehead atoms. The van der Waals surface area contributed by atoms with E-state index in [1.54, 1.807) is 0 Å². The molecule has 0 radical (unpaired) electrons. The molecule has 6 heteroatoms. The zero-order valence-corrected chi connectivity index (χ0v) is 27.1.